The van der Waals surface area contributed by atoms with Gasteiger partial charge in [0.25, 0.3) is 0 Å². The van der Waals surface area contributed by atoms with E-state index in [0.29, 0.717) is 17.2 Å². The van der Waals surface area contributed by atoms with Gasteiger partial charge in [-0.3, -0.25) is 10.6 Å². The van der Waals surface area contributed by atoms with Gasteiger partial charge < -0.3 is 25.4 Å². The average Bonchev–Trinajstić information content (AvgIpc) is 2.68. The molecule has 2 aromatic carbocycles. The van der Waals surface area contributed by atoms with Crippen LogP contribution in [0.1, 0.15) is 27.2 Å². The highest BCUT2D eigenvalue weighted by molar-refractivity contribution is 6.31. The lowest BCUT2D eigenvalue weighted by Crippen LogP contribution is -2.34. The van der Waals surface area contributed by atoms with Crippen molar-refractivity contribution in [1.82, 2.24) is 5.43 Å². The van der Waals surface area contributed by atoms with Crippen molar-refractivity contribution in [2.24, 2.45) is 17.0 Å². The number of carbonyl (C=O) groups is 2. The van der Waals surface area contributed by atoms with Crippen molar-refractivity contribution < 1.29 is 23.8 Å². The quantitative estimate of drug-likeness (QED) is 0.148. The molecule has 9 heteroatoms. The molecule has 0 aliphatic carbocycles. The number of nitrogens with one attached hydrogen (secondary N) is 1. The SMILES string of the molecule is CCC(C)(C)C(=O)OCOC(=O)/C(NN)=C(/N)Oc1ccc2cc(Cl)ccc2c1. The van der Waals surface area contributed by atoms with Gasteiger partial charge in [-0.05, 0) is 55.3 Å². The van der Waals surface area contributed by atoms with Gasteiger partial charge >= 0.3 is 11.9 Å². The highest BCUT2D eigenvalue weighted by Gasteiger charge is 2.27. The first kappa shape index (κ1) is 22.3. The summed E-state index contributed by atoms with van der Waals surface area (Å²) in [6.45, 7) is 4.74. The van der Waals surface area contributed by atoms with Crippen molar-refractivity contribution in [2.75, 3.05) is 6.79 Å². The van der Waals surface area contributed by atoms with E-state index in [1.54, 1.807) is 38.1 Å². The number of carbonyl (C=O) groups excluding carboxylic acids is 2. The zero-order valence-electron chi connectivity index (χ0n) is 16.5. The second-order valence-electron chi connectivity index (χ2n) is 6.86. The molecule has 2 aromatic rings. The molecule has 0 saturated heterocycles. The Morgan fingerprint density at radius 1 is 1.10 bits per heavy atom. The Labute approximate surface area is 173 Å². The first-order valence-corrected chi connectivity index (χ1v) is 9.23. The van der Waals surface area contributed by atoms with E-state index in [4.69, 9.17) is 37.4 Å². The monoisotopic (exact) mass is 421 g/mol. The van der Waals surface area contributed by atoms with Crippen LogP contribution in [0.4, 0.5) is 0 Å². The van der Waals surface area contributed by atoms with E-state index < -0.39 is 24.1 Å². The van der Waals surface area contributed by atoms with E-state index in [0.717, 1.165) is 10.8 Å². The van der Waals surface area contributed by atoms with Gasteiger partial charge in [0.2, 0.25) is 12.7 Å². The summed E-state index contributed by atoms with van der Waals surface area (Å²) >= 11 is 5.97. The molecular weight excluding hydrogens is 398 g/mol. The van der Waals surface area contributed by atoms with Gasteiger partial charge in [-0.25, -0.2) is 4.79 Å². The predicted octanol–water partition coefficient (Wildman–Crippen LogP) is 2.94. The molecule has 0 aliphatic heterocycles. The lowest BCUT2D eigenvalue weighted by atomic mass is 9.91. The number of esters is 2. The number of fused-ring (bicyclic) bond motifs is 1. The fourth-order valence-corrected chi connectivity index (χ4v) is 2.40. The van der Waals surface area contributed by atoms with Crippen LogP contribution in [0.15, 0.2) is 48.0 Å². The Hall–Kier alpha value is -2.97. The summed E-state index contributed by atoms with van der Waals surface area (Å²) < 4.78 is 15.3. The Bertz CT molecular complexity index is 943. The van der Waals surface area contributed by atoms with E-state index >= 15 is 0 Å². The summed E-state index contributed by atoms with van der Waals surface area (Å²) in [5, 5.41) is 2.40. The molecule has 0 atom stereocenters. The first-order chi connectivity index (χ1) is 13.7. The Morgan fingerprint density at radius 2 is 1.76 bits per heavy atom. The standard InChI is InChI=1S/C20H24ClN3O5/c1-4-20(2,3)19(26)28-11-27-18(25)16(24-23)17(22)29-15-8-6-12-9-14(21)7-5-13(12)10-15/h5-10,24H,4,11,22-23H2,1-3H3/b17-16+. The number of benzene rings is 2. The Morgan fingerprint density at radius 3 is 2.41 bits per heavy atom. The molecule has 29 heavy (non-hydrogen) atoms. The van der Waals surface area contributed by atoms with Gasteiger partial charge in [0, 0.05) is 5.02 Å². The van der Waals surface area contributed by atoms with Gasteiger partial charge in [0.15, 0.2) is 5.70 Å². The maximum atomic E-state index is 12.2. The van der Waals surface area contributed by atoms with Crippen molar-refractivity contribution in [1.29, 1.82) is 0 Å². The third kappa shape index (κ3) is 5.75. The molecule has 5 N–H and O–H groups in total. The zero-order chi connectivity index (χ0) is 21.6. The third-order valence-electron chi connectivity index (χ3n) is 4.41. The van der Waals surface area contributed by atoms with Gasteiger partial charge in [-0.1, -0.05) is 30.7 Å². The number of hydrogen-bond donors (Lipinski definition) is 3. The summed E-state index contributed by atoms with van der Waals surface area (Å²) in [5.74, 6) is 4.03. The maximum Gasteiger partial charge on any atom is 0.364 e. The summed E-state index contributed by atoms with van der Waals surface area (Å²) in [6.07, 6.45) is 0.577. The van der Waals surface area contributed by atoms with Gasteiger partial charge in [-0.15, -0.1) is 0 Å². The summed E-state index contributed by atoms with van der Waals surface area (Å²) in [5.41, 5.74) is 6.99. The molecule has 0 unspecified atom stereocenters. The van der Waals surface area contributed by atoms with Crippen LogP contribution in [0.2, 0.25) is 5.02 Å². The van der Waals surface area contributed by atoms with Crippen LogP contribution in [0, 0.1) is 5.41 Å². The van der Waals surface area contributed by atoms with Crippen LogP contribution in [0.5, 0.6) is 5.75 Å². The summed E-state index contributed by atoms with van der Waals surface area (Å²) in [4.78, 5) is 24.1. The molecular formula is C20H24ClN3O5. The van der Waals surface area contributed by atoms with Crippen LogP contribution in [-0.2, 0) is 19.1 Å². The number of ether oxygens (including phenoxy) is 3. The number of halogens is 1. The van der Waals surface area contributed by atoms with Crippen molar-refractivity contribution in [3.63, 3.8) is 0 Å². The molecule has 0 amide bonds. The molecule has 2 rings (SSSR count). The van der Waals surface area contributed by atoms with Crippen molar-refractivity contribution in [2.45, 2.75) is 27.2 Å². The van der Waals surface area contributed by atoms with Crippen LogP contribution < -0.4 is 21.7 Å². The molecule has 0 fully saturated rings. The summed E-state index contributed by atoms with van der Waals surface area (Å²) in [6, 6.07) is 10.6. The van der Waals surface area contributed by atoms with Crippen molar-refractivity contribution in [3.05, 3.63) is 53.0 Å². The van der Waals surface area contributed by atoms with Crippen LogP contribution >= 0.6 is 11.6 Å². The number of hydrazine groups is 1. The van der Waals surface area contributed by atoms with Gasteiger partial charge in [-0.2, -0.15) is 0 Å². The second kappa shape index (κ2) is 9.49. The van der Waals surface area contributed by atoms with Crippen LogP contribution in [0.3, 0.4) is 0 Å². The molecule has 156 valence electrons. The van der Waals surface area contributed by atoms with E-state index in [1.165, 1.54) is 0 Å². The predicted molar refractivity (Wildman–Crippen MR) is 109 cm³/mol. The fourth-order valence-electron chi connectivity index (χ4n) is 2.22. The number of nitrogens with two attached hydrogens (primary N) is 2. The largest absolute Gasteiger partial charge is 0.439 e. The minimum atomic E-state index is -0.931. The molecule has 0 saturated carbocycles. The molecule has 0 heterocycles. The van der Waals surface area contributed by atoms with Crippen LogP contribution in [0.25, 0.3) is 10.8 Å². The fraction of sp³-hybridized carbons (Fsp3) is 0.300. The Balaban J connectivity index is 2.05. The second-order valence-corrected chi connectivity index (χ2v) is 7.29. The zero-order valence-corrected chi connectivity index (χ0v) is 17.2. The molecule has 0 radical (unpaired) electrons. The maximum absolute atomic E-state index is 12.2. The minimum Gasteiger partial charge on any atom is -0.439 e. The first-order valence-electron chi connectivity index (χ1n) is 8.86. The van der Waals surface area contributed by atoms with Crippen molar-refractivity contribution in [3.8, 4) is 5.75 Å². The molecule has 0 aliphatic rings. The number of rotatable bonds is 8. The van der Waals surface area contributed by atoms with E-state index in [2.05, 4.69) is 5.43 Å². The van der Waals surface area contributed by atoms with E-state index in [9.17, 15) is 9.59 Å². The smallest absolute Gasteiger partial charge is 0.364 e. The molecule has 0 bridgehead atoms. The Kier molecular flexibility index (Phi) is 7.30. The number of hydrogen-bond acceptors (Lipinski definition) is 8. The summed E-state index contributed by atoms with van der Waals surface area (Å²) in [7, 11) is 0. The average molecular weight is 422 g/mol. The van der Waals surface area contributed by atoms with Gasteiger partial charge in [0.1, 0.15) is 5.75 Å². The normalized spacial score (nSPS) is 12.2. The van der Waals surface area contributed by atoms with E-state index in [-0.39, 0.29) is 11.6 Å². The van der Waals surface area contributed by atoms with Crippen molar-refractivity contribution >= 4 is 34.3 Å². The third-order valence-corrected chi connectivity index (χ3v) is 4.65. The molecule has 8 nitrogen and oxygen atoms in total. The lowest BCUT2D eigenvalue weighted by molar-refractivity contribution is -0.172. The molecule has 0 spiro atoms. The minimum absolute atomic E-state index is 0.300. The van der Waals surface area contributed by atoms with Gasteiger partial charge in [0.05, 0.1) is 5.41 Å². The lowest BCUT2D eigenvalue weighted by Gasteiger charge is -2.20. The van der Waals surface area contributed by atoms with E-state index in [1.807, 2.05) is 19.1 Å². The highest BCUT2D eigenvalue weighted by Crippen LogP contribution is 2.25. The van der Waals surface area contributed by atoms with Crippen LogP contribution in [-0.4, -0.2) is 18.7 Å². The molecule has 0 aromatic heterocycles. The highest BCUT2D eigenvalue weighted by atomic mass is 35.5. The topological polar surface area (TPSA) is 126 Å².